The van der Waals surface area contributed by atoms with Gasteiger partial charge in [0.15, 0.2) is 6.20 Å². The second kappa shape index (κ2) is 4.30. The van der Waals surface area contributed by atoms with Crippen LogP contribution in [0.15, 0.2) is 47.5 Å². The molecule has 2 aromatic heterocycles. The smallest absolute Gasteiger partial charge is 0.374 e. The summed E-state index contributed by atoms with van der Waals surface area (Å²) in [6, 6.07) is 7.24. The van der Waals surface area contributed by atoms with Crippen molar-refractivity contribution < 1.29 is 14.5 Å². The van der Waals surface area contributed by atoms with Crippen molar-refractivity contribution in [1.82, 2.24) is 14.2 Å². The zero-order valence-corrected chi connectivity index (χ0v) is 10.6. The van der Waals surface area contributed by atoms with E-state index >= 15 is 0 Å². The first-order chi connectivity index (χ1) is 9.59. The molecule has 0 aliphatic heterocycles. The Morgan fingerprint density at radius 2 is 2.00 bits per heavy atom. The van der Waals surface area contributed by atoms with Crippen LogP contribution in [0.4, 0.5) is 0 Å². The molecule has 7 heteroatoms. The van der Waals surface area contributed by atoms with Gasteiger partial charge in [-0.05, 0) is 12.1 Å². The quantitative estimate of drug-likeness (QED) is 0.535. The number of hydrogen-bond donors (Lipinski definition) is 0. The van der Waals surface area contributed by atoms with Gasteiger partial charge >= 0.3 is 11.2 Å². The number of aryl methyl sites for hydroxylation is 1. The van der Waals surface area contributed by atoms with E-state index in [4.69, 9.17) is 0 Å². The van der Waals surface area contributed by atoms with Crippen LogP contribution in [0.2, 0.25) is 0 Å². The first kappa shape index (κ1) is 12.1. The van der Waals surface area contributed by atoms with Gasteiger partial charge in [0.2, 0.25) is 0 Å². The van der Waals surface area contributed by atoms with Crippen molar-refractivity contribution in [2.24, 2.45) is 7.05 Å². The monoisotopic (exact) mass is 270 g/mol. The number of carbonyl (C=O) groups excluding carboxylic acids is 1. The molecule has 100 valence electrons. The van der Waals surface area contributed by atoms with Crippen molar-refractivity contribution in [3.8, 4) is 6.01 Å². The van der Waals surface area contributed by atoms with E-state index in [1.807, 2.05) is 0 Å². The minimum Gasteiger partial charge on any atom is -0.843 e. The van der Waals surface area contributed by atoms with Crippen LogP contribution in [-0.2, 0) is 7.05 Å². The molecule has 0 radical (unpaired) electrons. The van der Waals surface area contributed by atoms with Gasteiger partial charge in [-0.15, -0.1) is 0 Å². The second-order valence-electron chi connectivity index (χ2n) is 4.27. The Labute approximate surface area is 113 Å². The Morgan fingerprint density at radius 1 is 1.30 bits per heavy atom. The summed E-state index contributed by atoms with van der Waals surface area (Å²) in [5.41, 5.74) is -0.285. The predicted molar refractivity (Wildman–Crippen MR) is 66.2 cm³/mol. The highest BCUT2D eigenvalue weighted by Crippen LogP contribution is 2.05. The Hall–Kier alpha value is -2.96. The summed E-state index contributed by atoms with van der Waals surface area (Å²) in [5, 5.41) is 15.6. The molecule has 0 saturated carbocycles. The maximum Gasteiger partial charge on any atom is 0.374 e. The van der Waals surface area contributed by atoms with E-state index in [0.717, 1.165) is 0 Å². The maximum atomic E-state index is 12.3. The summed E-state index contributed by atoms with van der Waals surface area (Å²) >= 11 is 0. The van der Waals surface area contributed by atoms with Crippen LogP contribution in [-0.4, -0.2) is 20.1 Å². The molecule has 0 fully saturated rings. The Morgan fingerprint density at radius 3 is 2.70 bits per heavy atom. The highest BCUT2D eigenvalue weighted by Gasteiger charge is 2.20. The molecule has 3 rings (SSSR count). The summed E-state index contributed by atoms with van der Waals surface area (Å²) in [5.74, 6) is -0.684. The predicted octanol–water partition coefficient (Wildman–Crippen LogP) is -0.917. The molecule has 20 heavy (non-hydrogen) atoms. The fourth-order valence-electron chi connectivity index (χ4n) is 2.01. The zero-order valence-electron chi connectivity index (χ0n) is 10.6. The Kier molecular flexibility index (Phi) is 2.60. The molecule has 0 N–H and O–H groups in total. The number of carbonyl (C=O) groups is 1. The topological polar surface area (TPSA) is 83.3 Å². The van der Waals surface area contributed by atoms with Crippen LogP contribution >= 0.6 is 0 Å². The molecular formula is C13H10N4O3. The third-order valence-corrected chi connectivity index (χ3v) is 2.99. The van der Waals surface area contributed by atoms with Crippen LogP contribution in [0.5, 0.6) is 6.01 Å². The van der Waals surface area contributed by atoms with Crippen molar-refractivity contribution in [2.75, 3.05) is 0 Å². The Balaban J connectivity index is 2.29. The molecule has 0 saturated heterocycles. The van der Waals surface area contributed by atoms with Crippen LogP contribution in [0.1, 0.15) is 10.4 Å². The normalized spacial score (nSPS) is 10.8. The van der Waals surface area contributed by atoms with Gasteiger partial charge in [-0.25, -0.2) is 9.13 Å². The summed E-state index contributed by atoms with van der Waals surface area (Å²) in [6.07, 6.45) is 3.07. The van der Waals surface area contributed by atoms with Gasteiger partial charge in [-0.3, -0.25) is 9.59 Å². The lowest BCUT2D eigenvalue weighted by Crippen LogP contribution is -2.39. The summed E-state index contributed by atoms with van der Waals surface area (Å²) < 4.78 is 3.22. The highest BCUT2D eigenvalue weighted by molar-refractivity contribution is 5.96. The molecule has 2 heterocycles. The summed E-state index contributed by atoms with van der Waals surface area (Å²) in [4.78, 5) is 24.6. The van der Waals surface area contributed by atoms with Gasteiger partial charge < -0.3 is 5.11 Å². The first-order valence-corrected chi connectivity index (χ1v) is 5.86. The van der Waals surface area contributed by atoms with Gasteiger partial charge in [0.05, 0.1) is 7.05 Å². The van der Waals surface area contributed by atoms with E-state index in [0.29, 0.717) is 4.57 Å². The second-order valence-corrected chi connectivity index (χ2v) is 4.27. The molecule has 0 unspecified atom stereocenters. The van der Waals surface area contributed by atoms with Crippen LogP contribution in [0.25, 0.3) is 5.65 Å². The molecule has 3 aromatic rings. The molecule has 0 aliphatic carbocycles. The number of aromatic nitrogens is 4. The number of rotatable bonds is 1. The van der Waals surface area contributed by atoms with Gasteiger partial charge in [-0.1, -0.05) is 27.8 Å². The van der Waals surface area contributed by atoms with E-state index < -0.39 is 17.5 Å². The number of hydrogen-bond acceptors (Lipinski definition) is 4. The van der Waals surface area contributed by atoms with Gasteiger partial charge in [0.1, 0.15) is 12.2 Å². The average molecular weight is 270 g/mol. The van der Waals surface area contributed by atoms with Crippen LogP contribution < -0.4 is 15.2 Å². The lowest BCUT2D eigenvalue weighted by Gasteiger charge is -2.11. The van der Waals surface area contributed by atoms with Gasteiger partial charge in [0.25, 0.3) is 5.91 Å². The van der Waals surface area contributed by atoms with E-state index in [-0.39, 0.29) is 11.2 Å². The maximum absolute atomic E-state index is 12.3. The lowest BCUT2D eigenvalue weighted by molar-refractivity contribution is -0.645. The van der Waals surface area contributed by atoms with Crippen molar-refractivity contribution in [2.45, 2.75) is 0 Å². The molecule has 0 spiro atoms. The van der Waals surface area contributed by atoms with E-state index in [9.17, 15) is 14.7 Å². The Bertz CT molecular complexity index is 864. The summed E-state index contributed by atoms with van der Waals surface area (Å²) in [7, 11) is 1.64. The lowest BCUT2D eigenvalue weighted by atomic mass is 10.2. The minimum absolute atomic E-state index is 0.147. The largest absolute Gasteiger partial charge is 0.843 e. The molecule has 0 aliphatic rings. The van der Waals surface area contributed by atoms with Crippen LogP contribution in [0, 0.1) is 0 Å². The fourth-order valence-corrected chi connectivity index (χ4v) is 2.01. The minimum atomic E-state index is -0.896. The van der Waals surface area contributed by atoms with Gasteiger partial charge in [-0.2, -0.15) is 0 Å². The van der Waals surface area contributed by atoms with Crippen LogP contribution in [0.3, 0.4) is 0 Å². The fraction of sp³-hybridized carbons (Fsp3) is 0.0769. The van der Waals surface area contributed by atoms with E-state index in [1.165, 1.54) is 27.4 Å². The van der Waals surface area contributed by atoms with Crippen molar-refractivity contribution in [3.63, 3.8) is 0 Å². The number of imidazole rings is 1. The first-order valence-electron chi connectivity index (χ1n) is 5.86. The highest BCUT2D eigenvalue weighted by atomic mass is 16.3. The van der Waals surface area contributed by atoms with Crippen molar-refractivity contribution >= 4 is 11.6 Å². The average Bonchev–Trinajstić information content (AvgIpc) is 2.81. The van der Waals surface area contributed by atoms with Crippen molar-refractivity contribution in [3.05, 3.63) is 58.6 Å². The zero-order chi connectivity index (χ0) is 14.3. The molecule has 0 amide bonds. The standard InChI is InChI=1S/C13H10N4O3/c1-15-7-8-16-10(15)12(19)17(13(20)14-16)11(18)9-5-3-2-4-6-9/h2-8H,1H3. The SMILES string of the molecule is C[n+]1ccn2nc([O-])n(C(=O)c3ccccc3)c(=O)c21. The molecule has 0 atom stereocenters. The van der Waals surface area contributed by atoms with E-state index in [2.05, 4.69) is 5.10 Å². The molecule has 1 aromatic carbocycles. The summed E-state index contributed by atoms with van der Waals surface area (Å²) in [6.45, 7) is 0. The number of benzene rings is 1. The molecular weight excluding hydrogens is 260 g/mol. The van der Waals surface area contributed by atoms with Crippen molar-refractivity contribution in [1.29, 1.82) is 0 Å². The molecule has 7 nitrogen and oxygen atoms in total. The number of fused-ring (bicyclic) bond motifs is 1. The third-order valence-electron chi connectivity index (χ3n) is 2.99. The third kappa shape index (κ3) is 1.68. The number of nitrogens with zero attached hydrogens (tertiary/aromatic N) is 4. The van der Waals surface area contributed by atoms with E-state index in [1.54, 1.807) is 31.4 Å². The van der Waals surface area contributed by atoms with Gasteiger partial charge in [0, 0.05) is 5.56 Å². The molecule has 0 bridgehead atoms.